The van der Waals surface area contributed by atoms with Gasteiger partial charge in [-0.25, -0.2) is 0 Å². The van der Waals surface area contributed by atoms with Crippen molar-refractivity contribution in [3.63, 3.8) is 0 Å². The molecule has 0 fully saturated rings. The van der Waals surface area contributed by atoms with Crippen molar-refractivity contribution in [3.05, 3.63) is 11.7 Å². The van der Waals surface area contributed by atoms with Gasteiger partial charge >= 0.3 is 0 Å². The van der Waals surface area contributed by atoms with Crippen LogP contribution in [-0.2, 0) is 16.0 Å². The number of aromatic nitrogens is 2. The highest BCUT2D eigenvalue weighted by molar-refractivity contribution is 5.83. The normalized spacial score (nSPS) is 12.7. The SMILES string of the molecule is CCC(=O)C(C)c1nc(CCCOC)no1. The molecule has 0 saturated heterocycles. The van der Waals surface area contributed by atoms with Crippen molar-refractivity contribution in [2.24, 2.45) is 0 Å². The topological polar surface area (TPSA) is 65.2 Å². The van der Waals surface area contributed by atoms with Gasteiger partial charge in [0.1, 0.15) is 5.78 Å². The first-order chi connectivity index (χ1) is 7.69. The number of hydrogen-bond donors (Lipinski definition) is 0. The van der Waals surface area contributed by atoms with Gasteiger partial charge in [0, 0.05) is 26.6 Å². The maximum Gasteiger partial charge on any atom is 0.236 e. The number of nitrogens with zero attached hydrogens (tertiary/aromatic N) is 2. The minimum atomic E-state index is -0.298. The van der Waals surface area contributed by atoms with Crippen molar-refractivity contribution in [2.45, 2.75) is 39.0 Å². The average molecular weight is 226 g/mol. The first kappa shape index (κ1) is 12.8. The third-order valence-electron chi connectivity index (χ3n) is 2.43. The maximum atomic E-state index is 11.4. The van der Waals surface area contributed by atoms with E-state index in [2.05, 4.69) is 10.1 Å². The summed E-state index contributed by atoms with van der Waals surface area (Å²) in [5, 5.41) is 3.83. The van der Waals surface area contributed by atoms with E-state index in [1.54, 1.807) is 14.0 Å². The second-order valence-corrected chi connectivity index (χ2v) is 3.69. The highest BCUT2D eigenvalue weighted by atomic mass is 16.5. The highest BCUT2D eigenvalue weighted by Crippen LogP contribution is 2.15. The molecule has 0 N–H and O–H groups in total. The molecule has 0 saturated carbocycles. The summed E-state index contributed by atoms with van der Waals surface area (Å²) in [7, 11) is 1.66. The molecule has 1 unspecified atom stereocenters. The molecule has 0 aliphatic carbocycles. The van der Waals surface area contributed by atoms with Crippen LogP contribution in [0, 0.1) is 0 Å². The summed E-state index contributed by atoms with van der Waals surface area (Å²) < 4.78 is 9.99. The Morgan fingerprint density at radius 3 is 2.94 bits per heavy atom. The quantitative estimate of drug-likeness (QED) is 0.662. The van der Waals surface area contributed by atoms with Gasteiger partial charge in [-0.2, -0.15) is 4.98 Å². The molecule has 0 aliphatic heterocycles. The largest absolute Gasteiger partial charge is 0.385 e. The Labute approximate surface area is 95.2 Å². The Morgan fingerprint density at radius 1 is 1.56 bits per heavy atom. The molecule has 5 nitrogen and oxygen atoms in total. The molecule has 0 spiro atoms. The molecule has 0 aliphatic rings. The fraction of sp³-hybridized carbons (Fsp3) is 0.727. The molecule has 90 valence electrons. The molecule has 1 atom stereocenters. The molecule has 0 amide bonds. The average Bonchev–Trinajstić information content (AvgIpc) is 2.76. The molecule has 0 radical (unpaired) electrons. The second kappa shape index (κ2) is 6.37. The molecule has 16 heavy (non-hydrogen) atoms. The highest BCUT2D eigenvalue weighted by Gasteiger charge is 2.19. The molecule has 5 heteroatoms. The summed E-state index contributed by atoms with van der Waals surface area (Å²) in [6, 6.07) is 0. The third-order valence-corrected chi connectivity index (χ3v) is 2.43. The van der Waals surface area contributed by atoms with Gasteiger partial charge in [0.2, 0.25) is 5.89 Å². The Balaban J connectivity index is 2.53. The summed E-state index contributed by atoms with van der Waals surface area (Å²) in [5.74, 6) is 0.878. The maximum absolute atomic E-state index is 11.4. The Hall–Kier alpha value is -1.23. The second-order valence-electron chi connectivity index (χ2n) is 3.69. The van der Waals surface area contributed by atoms with Crippen molar-refractivity contribution < 1.29 is 14.1 Å². The zero-order valence-corrected chi connectivity index (χ0v) is 10.0. The van der Waals surface area contributed by atoms with E-state index in [0.717, 1.165) is 6.42 Å². The number of methoxy groups -OCH3 is 1. The molecular weight excluding hydrogens is 208 g/mol. The van der Waals surface area contributed by atoms with Crippen LogP contribution < -0.4 is 0 Å². The first-order valence-electron chi connectivity index (χ1n) is 5.53. The van der Waals surface area contributed by atoms with Gasteiger partial charge in [-0.05, 0) is 13.3 Å². The summed E-state index contributed by atoms with van der Waals surface area (Å²) in [4.78, 5) is 15.6. The Morgan fingerprint density at radius 2 is 2.31 bits per heavy atom. The smallest absolute Gasteiger partial charge is 0.236 e. The molecular formula is C11H18N2O3. The summed E-state index contributed by atoms with van der Waals surface area (Å²) in [6.45, 7) is 4.29. The van der Waals surface area contributed by atoms with Gasteiger partial charge in [-0.1, -0.05) is 12.1 Å². The predicted octanol–water partition coefficient (Wildman–Crippen LogP) is 1.73. The van der Waals surface area contributed by atoms with E-state index in [0.29, 0.717) is 31.2 Å². The van der Waals surface area contributed by atoms with Crippen molar-refractivity contribution in [1.82, 2.24) is 10.1 Å². The van der Waals surface area contributed by atoms with Crippen LogP contribution in [0.3, 0.4) is 0 Å². The lowest BCUT2D eigenvalue weighted by Crippen LogP contribution is -2.07. The van der Waals surface area contributed by atoms with Gasteiger partial charge < -0.3 is 9.26 Å². The van der Waals surface area contributed by atoms with Crippen molar-refractivity contribution in [3.8, 4) is 0 Å². The van der Waals surface area contributed by atoms with Crippen molar-refractivity contribution in [1.29, 1.82) is 0 Å². The fourth-order valence-corrected chi connectivity index (χ4v) is 1.36. The molecule has 1 rings (SSSR count). The van der Waals surface area contributed by atoms with E-state index in [1.807, 2.05) is 6.92 Å². The summed E-state index contributed by atoms with van der Waals surface area (Å²) in [6.07, 6.45) is 2.05. The minimum absolute atomic E-state index is 0.118. The fourth-order valence-electron chi connectivity index (χ4n) is 1.36. The van der Waals surface area contributed by atoms with Crippen LogP contribution in [0.1, 0.15) is 44.3 Å². The number of ether oxygens (including phenoxy) is 1. The van der Waals surface area contributed by atoms with Crippen LogP contribution in [0.4, 0.5) is 0 Å². The van der Waals surface area contributed by atoms with Crippen LogP contribution >= 0.6 is 0 Å². The van der Waals surface area contributed by atoms with Crippen molar-refractivity contribution in [2.75, 3.05) is 13.7 Å². The van der Waals surface area contributed by atoms with Crippen LogP contribution in [-0.4, -0.2) is 29.6 Å². The lowest BCUT2D eigenvalue weighted by molar-refractivity contribution is -0.120. The van der Waals surface area contributed by atoms with E-state index >= 15 is 0 Å². The molecule has 1 heterocycles. The lowest BCUT2D eigenvalue weighted by atomic mass is 10.1. The van der Waals surface area contributed by atoms with Gasteiger partial charge in [-0.15, -0.1) is 0 Å². The van der Waals surface area contributed by atoms with E-state index in [1.165, 1.54) is 0 Å². The number of hydrogen-bond acceptors (Lipinski definition) is 5. The zero-order valence-electron chi connectivity index (χ0n) is 10.0. The Kier molecular flexibility index (Phi) is 5.11. The predicted molar refractivity (Wildman–Crippen MR) is 58.2 cm³/mol. The van der Waals surface area contributed by atoms with Crippen LogP contribution in [0.2, 0.25) is 0 Å². The Bertz CT molecular complexity index is 336. The number of ketones is 1. The van der Waals surface area contributed by atoms with E-state index in [-0.39, 0.29) is 11.7 Å². The van der Waals surface area contributed by atoms with Gasteiger partial charge in [0.25, 0.3) is 0 Å². The number of carbonyl (C=O) groups excluding carboxylic acids is 1. The molecule has 0 bridgehead atoms. The van der Waals surface area contributed by atoms with E-state index in [9.17, 15) is 4.79 Å². The van der Waals surface area contributed by atoms with Gasteiger partial charge in [0.15, 0.2) is 5.82 Å². The van der Waals surface area contributed by atoms with E-state index < -0.39 is 0 Å². The summed E-state index contributed by atoms with van der Waals surface area (Å²) >= 11 is 0. The van der Waals surface area contributed by atoms with Gasteiger partial charge in [-0.3, -0.25) is 4.79 Å². The molecule has 0 aromatic carbocycles. The zero-order chi connectivity index (χ0) is 12.0. The number of rotatable bonds is 7. The van der Waals surface area contributed by atoms with Crippen LogP contribution in [0.5, 0.6) is 0 Å². The lowest BCUT2D eigenvalue weighted by Gasteiger charge is -2.01. The van der Waals surface area contributed by atoms with Crippen LogP contribution in [0.25, 0.3) is 0 Å². The number of Topliss-reactive ketones (excluding diaryl/α,β-unsaturated/α-hetero) is 1. The number of aryl methyl sites for hydroxylation is 1. The van der Waals surface area contributed by atoms with Crippen LogP contribution in [0.15, 0.2) is 4.52 Å². The standard InChI is InChI=1S/C11H18N2O3/c1-4-9(14)8(2)11-12-10(13-16-11)6-5-7-15-3/h8H,4-7H2,1-3H3. The monoisotopic (exact) mass is 226 g/mol. The van der Waals surface area contributed by atoms with Gasteiger partial charge in [0.05, 0.1) is 5.92 Å². The third kappa shape index (κ3) is 3.41. The minimum Gasteiger partial charge on any atom is -0.385 e. The first-order valence-corrected chi connectivity index (χ1v) is 5.53. The number of carbonyl (C=O) groups is 1. The van der Waals surface area contributed by atoms with E-state index in [4.69, 9.17) is 9.26 Å². The molecule has 1 aromatic heterocycles. The van der Waals surface area contributed by atoms with Crippen molar-refractivity contribution >= 4 is 5.78 Å². The summed E-state index contributed by atoms with van der Waals surface area (Å²) in [5.41, 5.74) is 0. The molecule has 1 aromatic rings.